The summed E-state index contributed by atoms with van der Waals surface area (Å²) in [5, 5.41) is 0. The van der Waals surface area contributed by atoms with Gasteiger partial charge in [0.2, 0.25) is 0 Å². The first-order chi connectivity index (χ1) is 12.0. The summed E-state index contributed by atoms with van der Waals surface area (Å²) in [7, 11) is 3.33. The van der Waals surface area contributed by atoms with Crippen molar-refractivity contribution < 1.29 is 9.47 Å². The molecule has 2 aromatic rings. The Bertz CT molecular complexity index is 751. The number of piperidine rings is 1. The van der Waals surface area contributed by atoms with Crippen LogP contribution in [0.3, 0.4) is 0 Å². The van der Waals surface area contributed by atoms with E-state index >= 15 is 0 Å². The number of hydrogen-bond donors (Lipinski definition) is 1. The first-order valence-corrected chi connectivity index (χ1v) is 8.83. The molecule has 0 saturated carbocycles. The third-order valence-corrected chi connectivity index (χ3v) is 5.36. The summed E-state index contributed by atoms with van der Waals surface area (Å²) in [6.07, 6.45) is 0.978. The Morgan fingerprint density at radius 2 is 1.69 bits per heavy atom. The Balaban J connectivity index is 0.00000243. The molecule has 0 aliphatic carbocycles. The number of aryl methyl sites for hydroxylation is 2. The second-order valence-electron chi connectivity index (χ2n) is 6.89. The minimum absolute atomic E-state index is 0. The molecule has 1 fully saturated rings. The number of ether oxygens (including phenoxy) is 2. The van der Waals surface area contributed by atoms with Crippen LogP contribution in [0.4, 0.5) is 5.69 Å². The van der Waals surface area contributed by atoms with E-state index in [0.29, 0.717) is 5.92 Å². The quantitative estimate of drug-likeness (QED) is 0.873. The highest BCUT2D eigenvalue weighted by atomic mass is 35.5. The third kappa shape index (κ3) is 4.08. The van der Waals surface area contributed by atoms with Gasteiger partial charge in [-0.1, -0.05) is 18.2 Å². The van der Waals surface area contributed by atoms with Gasteiger partial charge in [-0.2, -0.15) is 0 Å². The zero-order valence-corrected chi connectivity index (χ0v) is 16.8. The SMILES string of the molecule is COc1ccc(N2CC[C@@H](N)[C@@H](c3ccc(C)c(C)c3)C2)cc1OC.Cl. The molecule has 0 unspecified atom stereocenters. The molecule has 1 aliphatic heterocycles. The van der Waals surface area contributed by atoms with Crippen LogP contribution in [0.15, 0.2) is 36.4 Å². The monoisotopic (exact) mass is 376 g/mol. The van der Waals surface area contributed by atoms with E-state index < -0.39 is 0 Å². The molecule has 4 nitrogen and oxygen atoms in total. The lowest BCUT2D eigenvalue weighted by molar-refractivity contribution is 0.354. The van der Waals surface area contributed by atoms with Gasteiger partial charge >= 0.3 is 0 Å². The van der Waals surface area contributed by atoms with Crippen LogP contribution >= 0.6 is 12.4 Å². The van der Waals surface area contributed by atoms with Crippen molar-refractivity contribution in [2.75, 3.05) is 32.2 Å². The second kappa shape index (κ2) is 8.65. The minimum Gasteiger partial charge on any atom is -0.493 e. The molecule has 2 atom stereocenters. The van der Waals surface area contributed by atoms with Crippen molar-refractivity contribution in [3.63, 3.8) is 0 Å². The molecule has 26 heavy (non-hydrogen) atoms. The summed E-state index contributed by atoms with van der Waals surface area (Å²) in [6.45, 7) is 6.19. The van der Waals surface area contributed by atoms with E-state index in [1.54, 1.807) is 14.2 Å². The zero-order chi connectivity index (χ0) is 18.0. The van der Waals surface area contributed by atoms with Crippen molar-refractivity contribution in [2.45, 2.75) is 32.2 Å². The number of benzene rings is 2. The zero-order valence-electron chi connectivity index (χ0n) is 16.0. The van der Waals surface area contributed by atoms with E-state index in [-0.39, 0.29) is 18.4 Å². The number of methoxy groups -OCH3 is 2. The molecule has 0 radical (unpaired) electrons. The third-order valence-electron chi connectivity index (χ3n) is 5.36. The largest absolute Gasteiger partial charge is 0.493 e. The molecule has 142 valence electrons. The lowest BCUT2D eigenvalue weighted by atomic mass is 9.85. The van der Waals surface area contributed by atoms with Gasteiger partial charge in [0.15, 0.2) is 11.5 Å². The average Bonchev–Trinajstić information content (AvgIpc) is 2.64. The smallest absolute Gasteiger partial charge is 0.162 e. The maximum absolute atomic E-state index is 6.47. The van der Waals surface area contributed by atoms with Gasteiger partial charge in [-0.15, -0.1) is 12.4 Å². The van der Waals surface area contributed by atoms with Gasteiger partial charge in [0.25, 0.3) is 0 Å². The van der Waals surface area contributed by atoms with Crippen LogP contribution in [0.1, 0.15) is 29.0 Å². The lowest BCUT2D eigenvalue weighted by Crippen LogP contribution is -2.45. The first-order valence-electron chi connectivity index (χ1n) is 8.83. The topological polar surface area (TPSA) is 47.7 Å². The van der Waals surface area contributed by atoms with Crippen LogP contribution in [0.25, 0.3) is 0 Å². The summed E-state index contributed by atoms with van der Waals surface area (Å²) >= 11 is 0. The molecule has 0 spiro atoms. The predicted octanol–water partition coefficient (Wildman–Crippen LogP) is 4.06. The Hall–Kier alpha value is -1.91. The second-order valence-corrected chi connectivity index (χ2v) is 6.89. The van der Waals surface area contributed by atoms with Gasteiger partial charge < -0.3 is 20.1 Å². The van der Waals surface area contributed by atoms with Crippen LogP contribution in [-0.4, -0.2) is 33.4 Å². The summed E-state index contributed by atoms with van der Waals surface area (Å²) < 4.78 is 10.8. The number of halogens is 1. The molecule has 1 heterocycles. The highest BCUT2D eigenvalue weighted by Gasteiger charge is 2.28. The molecule has 1 aliphatic rings. The standard InChI is InChI=1S/C21H28N2O2.ClH/c1-14-5-6-16(11-15(14)2)18-13-23(10-9-19(18)22)17-7-8-20(24-3)21(12-17)25-4;/h5-8,11-12,18-19H,9-10,13,22H2,1-4H3;1H/t18-,19-;/m1./s1. The Kier molecular flexibility index (Phi) is 6.79. The first kappa shape index (κ1) is 20.4. The molecule has 3 rings (SSSR count). The molecule has 5 heteroatoms. The predicted molar refractivity (Wildman–Crippen MR) is 110 cm³/mol. The highest BCUT2D eigenvalue weighted by molar-refractivity contribution is 5.85. The van der Waals surface area contributed by atoms with Gasteiger partial charge in [-0.05, 0) is 49.1 Å². The van der Waals surface area contributed by atoms with Crippen molar-refractivity contribution in [3.8, 4) is 11.5 Å². The molecular weight excluding hydrogens is 348 g/mol. The normalized spacial score (nSPS) is 19.7. The van der Waals surface area contributed by atoms with Crippen molar-refractivity contribution in [1.82, 2.24) is 0 Å². The summed E-state index contributed by atoms with van der Waals surface area (Å²) in [5.41, 5.74) is 11.6. The van der Waals surface area contributed by atoms with Crippen molar-refractivity contribution in [3.05, 3.63) is 53.1 Å². The molecule has 0 bridgehead atoms. The number of nitrogens with zero attached hydrogens (tertiary/aromatic N) is 1. The Labute approximate surface area is 162 Å². The molecule has 2 N–H and O–H groups in total. The highest BCUT2D eigenvalue weighted by Crippen LogP contribution is 2.35. The average molecular weight is 377 g/mol. The van der Waals surface area contributed by atoms with E-state index in [1.165, 1.54) is 16.7 Å². The lowest BCUT2D eigenvalue weighted by Gasteiger charge is -2.39. The maximum Gasteiger partial charge on any atom is 0.162 e. The van der Waals surface area contributed by atoms with Crippen LogP contribution in [0, 0.1) is 13.8 Å². The number of hydrogen-bond acceptors (Lipinski definition) is 4. The fourth-order valence-corrected chi connectivity index (χ4v) is 3.57. The molecule has 0 aromatic heterocycles. The summed E-state index contributed by atoms with van der Waals surface area (Å²) in [5.74, 6) is 1.85. The Morgan fingerprint density at radius 1 is 0.962 bits per heavy atom. The number of nitrogens with two attached hydrogens (primary N) is 1. The summed E-state index contributed by atoms with van der Waals surface area (Å²) in [6, 6.07) is 13.0. The number of rotatable bonds is 4. The van der Waals surface area contributed by atoms with Crippen LogP contribution in [0.5, 0.6) is 11.5 Å². The van der Waals surface area contributed by atoms with Crippen molar-refractivity contribution in [1.29, 1.82) is 0 Å². The molecule has 1 saturated heterocycles. The fourth-order valence-electron chi connectivity index (χ4n) is 3.57. The van der Waals surface area contributed by atoms with E-state index in [0.717, 1.165) is 36.7 Å². The fraction of sp³-hybridized carbons (Fsp3) is 0.429. The van der Waals surface area contributed by atoms with Gasteiger partial charge in [-0.3, -0.25) is 0 Å². The van der Waals surface area contributed by atoms with E-state index in [2.05, 4.69) is 43.0 Å². The molecule has 2 aromatic carbocycles. The molecule has 0 amide bonds. The van der Waals surface area contributed by atoms with E-state index in [4.69, 9.17) is 15.2 Å². The van der Waals surface area contributed by atoms with E-state index in [1.807, 2.05) is 12.1 Å². The molecular formula is C21H29ClN2O2. The van der Waals surface area contributed by atoms with Crippen LogP contribution in [-0.2, 0) is 0 Å². The van der Waals surface area contributed by atoms with Crippen molar-refractivity contribution >= 4 is 18.1 Å². The van der Waals surface area contributed by atoms with Crippen LogP contribution in [0.2, 0.25) is 0 Å². The Morgan fingerprint density at radius 3 is 2.35 bits per heavy atom. The maximum atomic E-state index is 6.47. The van der Waals surface area contributed by atoms with Crippen molar-refractivity contribution in [2.24, 2.45) is 5.73 Å². The van der Waals surface area contributed by atoms with Gasteiger partial charge in [0.1, 0.15) is 0 Å². The summed E-state index contributed by atoms with van der Waals surface area (Å²) in [4.78, 5) is 2.39. The van der Waals surface area contributed by atoms with Crippen LogP contribution < -0.4 is 20.1 Å². The number of anilines is 1. The van der Waals surface area contributed by atoms with Gasteiger partial charge in [0.05, 0.1) is 14.2 Å². The minimum atomic E-state index is 0. The van der Waals surface area contributed by atoms with Gasteiger partial charge in [0, 0.05) is 36.8 Å². The van der Waals surface area contributed by atoms with Gasteiger partial charge in [-0.25, -0.2) is 0 Å². The van der Waals surface area contributed by atoms with E-state index in [9.17, 15) is 0 Å².